The Bertz CT molecular complexity index is 987. The fraction of sp³-hybridized carbons (Fsp3) is 0.750. The molecule has 4 atom stereocenters. The second-order valence-electron chi connectivity index (χ2n) is 14.4. The molecule has 0 aromatic heterocycles. The molecule has 1 aliphatic carbocycles. The molecule has 0 spiro atoms. The molecule has 6 heteroatoms. The van der Waals surface area contributed by atoms with Crippen LogP contribution in [0.2, 0.25) is 5.02 Å². The van der Waals surface area contributed by atoms with Gasteiger partial charge >= 0.3 is 0 Å². The van der Waals surface area contributed by atoms with Gasteiger partial charge in [-0.15, -0.1) is 0 Å². The van der Waals surface area contributed by atoms with Gasteiger partial charge in [-0.2, -0.15) is 0 Å². The van der Waals surface area contributed by atoms with Crippen molar-refractivity contribution in [3.05, 3.63) is 34.9 Å². The normalized spacial score (nSPS) is 31.0. The van der Waals surface area contributed by atoms with Crippen LogP contribution in [0.4, 0.5) is 0 Å². The minimum atomic E-state index is -0.429. The van der Waals surface area contributed by atoms with Crippen LogP contribution in [0.3, 0.4) is 0 Å². The number of nitrogens with zero attached hydrogens (tertiary/aromatic N) is 3. The molecule has 2 heterocycles. The van der Waals surface area contributed by atoms with Crippen molar-refractivity contribution in [1.82, 2.24) is 14.7 Å². The molecule has 0 radical (unpaired) electrons. The fourth-order valence-corrected chi connectivity index (χ4v) is 7.04. The van der Waals surface area contributed by atoms with Gasteiger partial charge in [-0.3, -0.25) is 14.5 Å². The molecule has 4 rings (SSSR count). The Labute approximate surface area is 236 Å². The number of halogens is 1. The molecule has 212 valence electrons. The van der Waals surface area contributed by atoms with Crippen molar-refractivity contribution in [1.29, 1.82) is 0 Å². The lowest BCUT2D eigenvalue weighted by atomic mass is 9.84. The zero-order valence-corrected chi connectivity index (χ0v) is 25.7. The number of amides is 2. The largest absolute Gasteiger partial charge is 0.338 e. The Balaban J connectivity index is 1.57. The third-order valence-corrected chi connectivity index (χ3v) is 9.62. The summed E-state index contributed by atoms with van der Waals surface area (Å²) in [5.41, 5.74) is 0.749. The molecule has 2 aliphatic heterocycles. The van der Waals surface area contributed by atoms with Crippen LogP contribution in [0.1, 0.15) is 99.0 Å². The lowest BCUT2D eigenvalue weighted by molar-refractivity contribution is -0.146. The fourth-order valence-electron chi connectivity index (χ4n) is 6.91. The van der Waals surface area contributed by atoms with Crippen LogP contribution in [0, 0.1) is 17.3 Å². The average Bonchev–Trinajstić information content (AvgIpc) is 3.44. The van der Waals surface area contributed by atoms with Crippen LogP contribution in [0.5, 0.6) is 0 Å². The molecule has 2 saturated heterocycles. The molecule has 1 unspecified atom stereocenters. The van der Waals surface area contributed by atoms with Gasteiger partial charge in [0.15, 0.2) is 0 Å². The van der Waals surface area contributed by atoms with E-state index < -0.39 is 5.41 Å². The molecule has 1 saturated carbocycles. The van der Waals surface area contributed by atoms with E-state index in [0.29, 0.717) is 6.54 Å². The molecule has 0 N–H and O–H groups in total. The van der Waals surface area contributed by atoms with Gasteiger partial charge in [0.2, 0.25) is 11.8 Å². The molecule has 3 fully saturated rings. The van der Waals surface area contributed by atoms with Crippen molar-refractivity contribution in [2.75, 3.05) is 19.6 Å². The van der Waals surface area contributed by atoms with E-state index in [1.165, 1.54) is 18.4 Å². The molecule has 5 nitrogen and oxygen atoms in total. The SMILES string of the molecule is CC1CCC(N(C(=O)C(C)(C)C)[C@H]2C[C@H](C)N(C(=O)C3CN(C(C)(C)C)C[C@H]3c3ccc(Cl)cc3)C2)CC1. The van der Waals surface area contributed by atoms with Crippen molar-refractivity contribution >= 4 is 23.4 Å². The van der Waals surface area contributed by atoms with Crippen LogP contribution in [-0.4, -0.2) is 69.8 Å². The van der Waals surface area contributed by atoms with Gasteiger partial charge < -0.3 is 9.80 Å². The van der Waals surface area contributed by atoms with Crippen molar-refractivity contribution in [2.45, 2.75) is 117 Å². The van der Waals surface area contributed by atoms with E-state index in [1.807, 2.05) is 32.9 Å². The topological polar surface area (TPSA) is 43.9 Å². The molecule has 2 amide bonds. The van der Waals surface area contributed by atoms with Crippen LogP contribution in [0.15, 0.2) is 24.3 Å². The zero-order valence-electron chi connectivity index (χ0n) is 25.0. The van der Waals surface area contributed by atoms with E-state index in [9.17, 15) is 9.59 Å². The smallest absolute Gasteiger partial charge is 0.228 e. The maximum absolute atomic E-state index is 14.3. The first-order valence-electron chi connectivity index (χ1n) is 14.8. The van der Waals surface area contributed by atoms with Crippen LogP contribution in [0.25, 0.3) is 0 Å². The van der Waals surface area contributed by atoms with Gasteiger partial charge in [-0.05, 0) is 83.4 Å². The van der Waals surface area contributed by atoms with Gasteiger partial charge in [0.25, 0.3) is 0 Å². The highest BCUT2D eigenvalue weighted by atomic mass is 35.5. The number of benzene rings is 1. The lowest BCUT2D eigenvalue weighted by Crippen LogP contribution is -2.53. The summed E-state index contributed by atoms with van der Waals surface area (Å²) in [4.78, 5) is 34.9. The Morgan fingerprint density at radius 3 is 2.03 bits per heavy atom. The predicted molar refractivity (Wildman–Crippen MR) is 156 cm³/mol. The zero-order chi connectivity index (χ0) is 28.0. The summed E-state index contributed by atoms with van der Waals surface area (Å²) in [7, 11) is 0. The monoisotopic (exact) mass is 543 g/mol. The minimum absolute atomic E-state index is 0.00703. The third kappa shape index (κ3) is 6.25. The Kier molecular flexibility index (Phi) is 8.60. The average molecular weight is 544 g/mol. The summed E-state index contributed by atoms with van der Waals surface area (Å²) in [6, 6.07) is 8.55. The first kappa shape index (κ1) is 29.4. The standard InChI is InChI=1S/C32H50ClN3O2/c1-21-9-15-25(16-10-21)36(30(38)31(3,4)5)26-17-22(2)35(18-26)29(37)28-20-34(32(6,7)8)19-27(28)23-11-13-24(33)14-12-23/h11-14,21-22,25-28H,9-10,15-20H2,1-8H3/t21?,22-,25?,26-,27-,28?/m0/s1. The molecule has 0 bridgehead atoms. The molecule has 38 heavy (non-hydrogen) atoms. The quantitative estimate of drug-likeness (QED) is 0.430. The first-order chi connectivity index (χ1) is 17.7. The van der Waals surface area contributed by atoms with E-state index in [4.69, 9.17) is 11.6 Å². The number of hydrogen-bond donors (Lipinski definition) is 0. The Hall–Kier alpha value is -1.59. The summed E-state index contributed by atoms with van der Waals surface area (Å²) in [5.74, 6) is 1.25. The first-order valence-corrected chi connectivity index (χ1v) is 15.2. The Morgan fingerprint density at radius 2 is 1.47 bits per heavy atom. The highest BCUT2D eigenvalue weighted by molar-refractivity contribution is 6.30. The van der Waals surface area contributed by atoms with Crippen LogP contribution < -0.4 is 0 Å². The van der Waals surface area contributed by atoms with Crippen molar-refractivity contribution in [2.24, 2.45) is 17.3 Å². The van der Waals surface area contributed by atoms with E-state index in [0.717, 1.165) is 43.3 Å². The predicted octanol–water partition coefficient (Wildman–Crippen LogP) is 6.60. The number of carbonyl (C=O) groups is 2. The molecular formula is C32H50ClN3O2. The van der Waals surface area contributed by atoms with Crippen LogP contribution >= 0.6 is 11.6 Å². The van der Waals surface area contributed by atoms with Crippen LogP contribution in [-0.2, 0) is 9.59 Å². The number of hydrogen-bond acceptors (Lipinski definition) is 3. The van der Waals surface area contributed by atoms with Gasteiger partial charge in [0.1, 0.15) is 0 Å². The maximum Gasteiger partial charge on any atom is 0.228 e. The van der Waals surface area contributed by atoms with Crippen molar-refractivity contribution < 1.29 is 9.59 Å². The van der Waals surface area contributed by atoms with E-state index in [-0.39, 0.29) is 47.3 Å². The van der Waals surface area contributed by atoms with Gasteiger partial charge in [-0.1, -0.05) is 51.4 Å². The van der Waals surface area contributed by atoms with Gasteiger partial charge in [-0.25, -0.2) is 0 Å². The maximum atomic E-state index is 14.3. The lowest BCUT2D eigenvalue weighted by Gasteiger charge is -2.42. The second kappa shape index (κ2) is 11.1. The highest BCUT2D eigenvalue weighted by Gasteiger charge is 2.48. The summed E-state index contributed by atoms with van der Waals surface area (Å²) in [6.45, 7) is 19.6. The number of carbonyl (C=O) groups excluding carboxylic acids is 2. The second-order valence-corrected chi connectivity index (χ2v) is 14.9. The Morgan fingerprint density at radius 1 is 0.868 bits per heavy atom. The van der Waals surface area contributed by atoms with Crippen molar-refractivity contribution in [3.63, 3.8) is 0 Å². The van der Waals surface area contributed by atoms with E-state index >= 15 is 0 Å². The molecule has 1 aromatic carbocycles. The molecular weight excluding hydrogens is 494 g/mol. The summed E-state index contributed by atoms with van der Waals surface area (Å²) >= 11 is 6.20. The molecule has 3 aliphatic rings. The summed E-state index contributed by atoms with van der Waals surface area (Å²) in [6.07, 6.45) is 5.36. The third-order valence-electron chi connectivity index (χ3n) is 9.37. The van der Waals surface area contributed by atoms with Gasteiger partial charge in [0.05, 0.1) is 12.0 Å². The highest BCUT2D eigenvalue weighted by Crippen LogP contribution is 2.40. The number of rotatable bonds is 4. The van der Waals surface area contributed by atoms with E-state index in [2.05, 4.69) is 61.5 Å². The summed E-state index contributed by atoms with van der Waals surface area (Å²) < 4.78 is 0. The van der Waals surface area contributed by atoms with Crippen molar-refractivity contribution in [3.8, 4) is 0 Å². The van der Waals surface area contributed by atoms with Gasteiger partial charge in [0, 0.05) is 53.6 Å². The minimum Gasteiger partial charge on any atom is -0.338 e. The molecule has 1 aromatic rings. The summed E-state index contributed by atoms with van der Waals surface area (Å²) in [5, 5.41) is 0.721. The number of likely N-dealkylation sites (tertiary alicyclic amines) is 2. The van der Waals surface area contributed by atoms with E-state index in [1.54, 1.807) is 0 Å².